The summed E-state index contributed by atoms with van der Waals surface area (Å²) >= 11 is 1.36. The number of rotatable bonds is 6. The van der Waals surface area contributed by atoms with Crippen molar-refractivity contribution in [3.8, 4) is 0 Å². The van der Waals surface area contributed by atoms with Crippen molar-refractivity contribution in [3.05, 3.63) is 71.0 Å². The predicted molar refractivity (Wildman–Crippen MR) is 121 cm³/mol. The molecule has 3 aromatic rings. The van der Waals surface area contributed by atoms with Gasteiger partial charge in [0.25, 0.3) is 5.91 Å². The van der Waals surface area contributed by atoms with Crippen LogP contribution in [0.15, 0.2) is 53.7 Å². The molecule has 1 aromatic heterocycles. The highest BCUT2D eigenvalue weighted by atomic mass is 32.2. The van der Waals surface area contributed by atoms with Crippen molar-refractivity contribution in [2.45, 2.75) is 31.5 Å². The molecule has 0 unspecified atom stereocenters. The van der Waals surface area contributed by atoms with Crippen LogP contribution in [0.5, 0.6) is 0 Å². The van der Waals surface area contributed by atoms with E-state index in [1.54, 1.807) is 6.07 Å². The monoisotopic (exact) mass is 435 g/mol. The van der Waals surface area contributed by atoms with Crippen LogP contribution in [-0.2, 0) is 24.8 Å². The van der Waals surface area contributed by atoms with E-state index in [9.17, 15) is 9.59 Å². The largest absolute Gasteiger partial charge is 0.345 e. The highest BCUT2D eigenvalue weighted by molar-refractivity contribution is 7.99. The summed E-state index contributed by atoms with van der Waals surface area (Å²) in [6.07, 6.45) is 1.98. The Hall–Kier alpha value is -3.13. The Morgan fingerprint density at radius 3 is 2.81 bits per heavy atom. The Balaban J connectivity index is 1.35. The molecule has 2 heterocycles. The van der Waals surface area contributed by atoms with Gasteiger partial charge in [-0.1, -0.05) is 47.7 Å². The van der Waals surface area contributed by atoms with E-state index in [0.29, 0.717) is 16.5 Å². The van der Waals surface area contributed by atoms with Crippen LogP contribution in [0.2, 0.25) is 0 Å². The number of nitrogens with zero attached hydrogens (tertiary/aromatic N) is 4. The lowest BCUT2D eigenvalue weighted by Crippen LogP contribution is -2.36. The summed E-state index contributed by atoms with van der Waals surface area (Å²) in [5, 5.41) is 11.9. The standard InChI is InChI=1S/C23H25N5O2S/c1-16-7-5-9-18(13-16)22(30)24-14-20-25-26-23(27(20)2)31-15-21(29)28-12-6-10-17-8-3-4-11-19(17)28/h3-5,7-9,11,13H,6,10,12,14-15H2,1-2H3,(H,24,30). The molecule has 1 aliphatic heterocycles. The zero-order valence-electron chi connectivity index (χ0n) is 17.7. The summed E-state index contributed by atoms with van der Waals surface area (Å²) < 4.78 is 1.82. The zero-order valence-corrected chi connectivity index (χ0v) is 18.5. The second-order valence-corrected chi connectivity index (χ2v) is 8.52. The fraction of sp³-hybridized carbons (Fsp3) is 0.304. The maximum Gasteiger partial charge on any atom is 0.251 e. The van der Waals surface area contributed by atoms with Crippen LogP contribution in [0, 0.1) is 6.92 Å². The molecule has 1 N–H and O–H groups in total. The van der Waals surface area contributed by atoms with Gasteiger partial charge in [0.15, 0.2) is 11.0 Å². The maximum atomic E-state index is 12.8. The van der Waals surface area contributed by atoms with E-state index in [2.05, 4.69) is 21.6 Å². The molecule has 4 rings (SSSR count). The number of fused-ring (bicyclic) bond motifs is 1. The normalized spacial score (nSPS) is 13.0. The third-order valence-corrected chi connectivity index (χ3v) is 6.35. The fourth-order valence-corrected chi connectivity index (χ4v) is 4.48. The van der Waals surface area contributed by atoms with Crippen LogP contribution >= 0.6 is 11.8 Å². The zero-order chi connectivity index (χ0) is 21.8. The summed E-state index contributed by atoms with van der Waals surface area (Å²) in [7, 11) is 1.84. The first-order valence-corrected chi connectivity index (χ1v) is 11.3. The number of aromatic nitrogens is 3. The number of anilines is 1. The molecule has 2 aromatic carbocycles. The van der Waals surface area contributed by atoms with E-state index in [0.717, 1.165) is 30.6 Å². The van der Waals surface area contributed by atoms with Gasteiger partial charge in [0.2, 0.25) is 5.91 Å². The van der Waals surface area contributed by atoms with Crippen LogP contribution in [0.4, 0.5) is 5.69 Å². The van der Waals surface area contributed by atoms with E-state index in [4.69, 9.17) is 0 Å². The Bertz CT molecular complexity index is 1110. The van der Waals surface area contributed by atoms with E-state index in [1.165, 1.54) is 17.3 Å². The molecular formula is C23H25N5O2S. The third kappa shape index (κ3) is 4.80. The number of para-hydroxylation sites is 1. The summed E-state index contributed by atoms with van der Waals surface area (Å²) in [4.78, 5) is 27.1. The summed E-state index contributed by atoms with van der Waals surface area (Å²) in [6.45, 7) is 2.96. The molecule has 0 radical (unpaired) electrons. The number of hydrogen-bond acceptors (Lipinski definition) is 5. The number of carbonyl (C=O) groups is 2. The first-order valence-electron chi connectivity index (χ1n) is 10.3. The van der Waals surface area contributed by atoms with Crippen LogP contribution in [-0.4, -0.2) is 38.9 Å². The highest BCUT2D eigenvalue weighted by Crippen LogP contribution is 2.28. The summed E-state index contributed by atoms with van der Waals surface area (Å²) in [5.74, 6) is 0.837. The van der Waals surface area contributed by atoms with Gasteiger partial charge in [0.1, 0.15) is 0 Å². The van der Waals surface area contributed by atoms with Crippen LogP contribution in [0.1, 0.15) is 33.7 Å². The molecule has 0 aliphatic carbocycles. The second kappa shape index (κ2) is 9.34. The van der Waals surface area contributed by atoms with Crippen molar-refractivity contribution < 1.29 is 9.59 Å². The number of hydrogen-bond donors (Lipinski definition) is 1. The van der Waals surface area contributed by atoms with Crippen LogP contribution in [0.25, 0.3) is 0 Å². The number of benzene rings is 2. The van der Waals surface area contributed by atoms with Crippen molar-refractivity contribution in [2.75, 3.05) is 17.2 Å². The second-order valence-electron chi connectivity index (χ2n) is 7.58. The molecule has 0 saturated carbocycles. The molecule has 8 heteroatoms. The molecule has 0 atom stereocenters. The molecular weight excluding hydrogens is 410 g/mol. The molecule has 0 saturated heterocycles. The SMILES string of the molecule is Cc1cccc(C(=O)NCc2nnc(SCC(=O)N3CCCc4ccccc43)n2C)c1. The van der Waals surface area contributed by atoms with Crippen molar-refractivity contribution in [1.82, 2.24) is 20.1 Å². The lowest BCUT2D eigenvalue weighted by atomic mass is 10.0. The molecule has 7 nitrogen and oxygen atoms in total. The molecule has 160 valence electrons. The number of nitrogens with one attached hydrogen (secondary N) is 1. The molecule has 1 aliphatic rings. The average Bonchev–Trinajstić information content (AvgIpc) is 3.14. The maximum absolute atomic E-state index is 12.8. The van der Waals surface area contributed by atoms with E-state index >= 15 is 0 Å². The van der Waals surface area contributed by atoms with Crippen LogP contribution < -0.4 is 10.2 Å². The molecule has 0 bridgehead atoms. The van der Waals surface area contributed by atoms with Gasteiger partial charge in [-0.25, -0.2) is 0 Å². The minimum Gasteiger partial charge on any atom is -0.345 e. The molecule has 0 fully saturated rings. The first kappa shape index (κ1) is 21.1. The number of aryl methyl sites for hydroxylation is 2. The fourth-order valence-electron chi connectivity index (χ4n) is 3.67. The first-order chi connectivity index (χ1) is 15.0. The number of thioether (sulfide) groups is 1. The van der Waals surface area contributed by atoms with Gasteiger partial charge >= 0.3 is 0 Å². The third-order valence-electron chi connectivity index (χ3n) is 5.35. The average molecular weight is 436 g/mol. The number of amides is 2. The van der Waals surface area contributed by atoms with Gasteiger partial charge in [0, 0.05) is 24.8 Å². The molecule has 31 heavy (non-hydrogen) atoms. The van der Waals surface area contributed by atoms with Gasteiger partial charge in [-0.2, -0.15) is 0 Å². The van der Waals surface area contributed by atoms with Crippen molar-refractivity contribution in [3.63, 3.8) is 0 Å². The Labute approximate surface area is 185 Å². The summed E-state index contributed by atoms with van der Waals surface area (Å²) in [5.41, 5.74) is 3.88. The van der Waals surface area contributed by atoms with Gasteiger partial charge in [-0.05, 0) is 43.5 Å². The lowest BCUT2D eigenvalue weighted by Gasteiger charge is -2.29. The van der Waals surface area contributed by atoms with E-state index < -0.39 is 0 Å². The quantitative estimate of drug-likeness (QED) is 0.602. The van der Waals surface area contributed by atoms with Crippen molar-refractivity contribution >= 4 is 29.3 Å². The van der Waals surface area contributed by atoms with Crippen molar-refractivity contribution in [2.24, 2.45) is 7.05 Å². The van der Waals surface area contributed by atoms with E-state index in [1.807, 2.05) is 59.8 Å². The van der Waals surface area contributed by atoms with Gasteiger partial charge < -0.3 is 14.8 Å². The van der Waals surface area contributed by atoms with Gasteiger partial charge in [-0.3, -0.25) is 9.59 Å². The Morgan fingerprint density at radius 2 is 1.97 bits per heavy atom. The molecule has 2 amide bonds. The Kier molecular flexibility index (Phi) is 6.36. The summed E-state index contributed by atoms with van der Waals surface area (Å²) in [6, 6.07) is 15.5. The minimum atomic E-state index is -0.153. The van der Waals surface area contributed by atoms with Crippen molar-refractivity contribution in [1.29, 1.82) is 0 Å². The Morgan fingerprint density at radius 1 is 1.13 bits per heavy atom. The topological polar surface area (TPSA) is 80.1 Å². The van der Waals surface area contributed by atoms with Gasteiger partial charge in [0.05, 0.1) is 12.3 Å². The van der Waals surface area contributed by atoms with Crippen LogP contribution in [0.3, 0.4) is 0 Å². The van der Waals surface area contributed by atoms with E-state index in [-0.39, 0.29) is 24.1 Å². The predicted octanol–water partition coefficient (Wildman–Crippen LogP) is 3.13. The number of carbonyl (C=O) groups excluding carboxylic acids is 2. The minimum absolute atomic E-state index is 0.0643. The van der Waals surface area contributed by atoms with Gasteiger partial charge in [-0.15, -0.1) is 10.2 Å². The highest BCUT2D eigenvalue weighted by Gasteiger charge is 2.23. The lowest BCUT2D eigenvalue weighted by molar-refractivity contribution is -0.116. The molecule has 0 spiro atoms. The smallest absolute Gasteiger partial charge is 0.251 e.